The molecule has 0 unspecified atom stereocenters. The number of anilines is 2. The molecule has 0 saturated carbocycles. The highest BCUT2D eigenvalue weighted by atomic mass is 79.9. The van der Waals surface area contributed by atoms with Crippen LogP contribution in [0, 0.1) is 12.7 Å². The van der Waals surface area contributed by atoms with Crippen molar-refractivity contribution in [3.8, 4) is 0 Å². The highest BCUT2D eigenvalue weighted by molar-refractivity contribution is 9.10. The van der Waals surface area contributed by atoms with Crippen LogP contribution in [0.15, 0.2) is 34.9 Å². The average molecular weight is 310 g/mol. The van der Waals surface area contributed by atoms with Crippen LogP contribution in [0.2, 0.25) is 0 Å². The molecular formula is C13H13BrFN3. The van der Waals surface area contributed by atoms with Gasteiger partial charge in [0, 0.05) is 12.6 Å². The van der Waals surface area contributed by atoms with Gasteiger partial charge in [0.05, 0.1) is 5.69 Å². The number of para-hydroxylation sites is 1. The normalized spacial score (nSPS) is 10.4. The fourth-order valence-corrected chi connectivity index (χ4v) is 2.24. The summed E-state index contributed by atoms with van der Waals surface area (Å²) in [6, 6.07) is 8.45. The van der Waals surface area contributed by atoms with Crippen molar-refractivity contribution in [1.82, 2.24) is 9.97 Å². The van der Waals surface area contributed by atoms with Crippen molar-refractivity contribution in [2.75, 3.05) is 11.4 Å². The molecule has 2 rings (SSSR count). The second-order valence-electron chi connectivity index (χ2n) is 3.79. The predicted octanol–water partition coefficient (Wildman–Crippen LogP) is 3.84. The average Bonchev–Trinajstić information content (AvgIpc) is 2.31. The first-order valence-corrected chi connectivity index (χ1v) is 6.44. The standard InChI is InChI=1S/C13H13BrFN3/c1-3-18(11-7-5-4-6-10(11)15)13-8-12(14)16-9(2)17-13/h4-8H,3H2,1-2H3. The van der Waals surface area contributed by atoms with Crippen molar-refractivity contribution < 1.29 is 4.39 Å². The molecule has 0 bridgehead atoms. The predicted molar refractivity (Wildman–Crippen MR) is 73.5 cm³/mol. The van der Waals surface area contributed by atoms with Crippen LogP contribution in [-0.4, -0.2) is 16.5 Å². The van der Waals surface area contributed by atoms with Gasteiger partial charge in [0.25, 0.3) is 0 Å². The molecular weight excluding hydrogens is 297 g/mol. The lowest BCUT2D eigenvalue weighted by Crippen LogP contribution is -2.19. The first-order chi connectivity index (χ1) is 8.61. The van der Waals surface area contributed by atoms with E-state index in [9.17, 15) is 4.39 Å². The Bertz CT molecular complexity index is 539. The Morgan fingerprint density at radius 1 is 1.28 bits per heavy atom. The Hall–Kier alpha value is -1.49. The molecule has 0 spiro atoms. The largest absolute Gasteiger partial charge is 0.324 e. The van der Waals surface area contributed by atoms with Crippen LogP contribution in [0.25, 0.3) is 0 Å². The van der Waals surface area contributed by atoms with Crippen molar-refractivity contribution >= 4 is 27.4 Å². The molecule has 0 aliphatic carbocycles. The molecule has 1 aromatic heterocycles. The molecule has 94 valence electrons. The fraction of sp³-hybridized carbons (Fsp3) is 0.231. The second kappa shape index (κ2) is 5.44. The molecule has 1 aromatic carbocycles. The van der Waals surface area contributed by atoms with Crippen LogP contribution in [0.3, 0.4) is 0 Å². The summed E-state index contributed by atoms with van der Waals surface area (Å²) in [6.45, 7) is 4.39. The van der Waals surface area contributed by atoms with Crippen LogP contribution < -0.4 is 4.90 Å². The number of halogens is 2. The van der Waals surface area contributed by atoms with Gasteiger partial charge < -0.3 is 4.90 Å². The summed E-state index contributed by atoms with van der Waals surface area (Å²) >= 11 is 3.33. The van der Waals surface area contributed by atoms with Crippen LogP contribution in [0.1, 0.15) is 12.7 Å². The third-order valence-electron chi connectivity index (χ3n) is 2.53. The quantitative estimate of drug-likeness (QED) is 0.807. The van der Waals surface area contributed by atoms with E-state index in [2.05, 4.69) is 25.9 Å². The number of benzene rings is 1. The van der Waals surface area contributed by atoms with Crippen LogP contribution >= 0.6 is 15.9 Å². The maximum absolute atomic E-state index is 13.8. The van der Waals surface area contributed by atoms with Gasteiger partial charge in [-0.15, -0.1) is 0 Å². The number of aromatic nitrogens is 2. The molecule has 0 aliphatic rings. The monoisotopic (exact) mass is 309 g/mol. The maximum Gasteiger partial charge on any atom is 0.146 e. The summed E-state index contributed by atoms with van der Waals surface area (Å²) in [5, 5.41) is 0. The number of aryl methyl sites for hydroxylation is 1. The molecule has 0 fully saturated rings. The smallest absolute Gasteiger partial charge is 0.146 e. The van der Waals surface area contributed by atoms with Gasteiger partial charge in [-0.25, -0.2) is 14.4 Å². The second-order valence-corrected chi connectivity index (χ2v) is 4.60. The van der Waals surface area contributed by atoms with Gasteiger partial charge in [-0.3, -0.25) is 0 Å². The molecule has 0 amide bonds. The molecule has 5 heteroatoms. The van der Waals surface area contributed by atoms with E-state index in [0.29, 0.717) is 28.5 Å². The van der Waals surface area contributed by atoms with Gasteiger partial charge in [-0.1, -0.05) is 12.1 Å². The van der Waals surface area contributed by atoms with E-state index in [0.717, 1.165) is 0 Å². The van der Waals surface area contributed by atoms with Crippen molar-refractivity contribution in [1.29, 1.82) is 0 Å². The highest BCUT2D eigenvalue weighted by Gasteiger charge is 2.13. The maximum atomic E-state index is 13.8. The van der Waals surface area contributed by atoms with Crippen LogP contribution in [0.5, 0.6) is 0 Å². The van der Waals surface area contributed by atoms with E-state index in [1.54, 1.807) is 18.2 Å². The lowest BCUT2D eigenvalue weighted by Gasteiger charge is -2.22. The highest BCUT2D eigenvalue weighted by Crippen LogP contribution is 2.27. The lowest BCUT2D eigenvalue weighted by atomic mass is 10.2. The third kappa shape index (κ3) is 2.67. The van der Waals surface area contributed by atoms with Crippen molar-refractivity contribution in [2.45, 2.75) is 13.8 Å². The summed E-state index contributed by atoms with van der Waals surface area (Å²) in [6.07, 6.45) is 0. The van der Waals surface area contributed by atoms with Crippen LogP contribution in [-0.2, 0) is 0 Å². The lowest BCUT2D eigenvalue weighted by molar-refractivity contribution is 0.625. The Kier molecular flexibility index (Phi) is 3.91. The Morgan fingerprint density at radius 2 is 2.00 bits per heavy atom. The zero-order valence-electron chi connectivity index (χ0n) is 10.2. The number of hydrogen-bond donors (Lipinski definition) is 0. The molecule has 0 aliphatic heterocycles. The fourth-order valence-electron chi connectivity index (χ4n) is 1.78. The number of rotatable bonds is 3. The van der Waals surface area contributed by atoms with Gasteiger partial charge in [0.1, 0.15) is 22.1 Å². The van der Waals surface area contributed by atoms with Crippen LogP contribution in [0.4, 0.5) is 15.9 Å². The minimum atomic E-state index is -0.258. The summed E-state index contributed by atoms with van der Waals surface area (Å²) in [7, 11) is 0. The number of hydrogen-bond acceptors (Lipinski definition) is 3. The van der Waals surface area contributed by atoms with Gasteiger partial charge in [0.2, 0.25) is 0 Å². The molecule has 2 aromatic rings. The van der Waals surface area contributed by atoms with E-state index >= 15 is 0 Å². The minimum Gasteiger partial charge on any atom is -0.324 e. The number of nitrogens with zero attached hydrogens (tertiary/aromatic N) is 3. The van der Waals surface area contributed by atoms with E-state index in [1.807, 2.05) is 24.8 Å². The van der Waals surface area contributed by atoms with Crippen molar-refractivity contribution in [3.63, 3.8) is 0 Å². The van der Waals surface area contributed by atoms with E-state index in [-0.39, 0.29) is 5.82 Å². The summed E-state index contributed by atoms with van der Waals surface area (Å²) in [4.78, 5) is 10.3. The van der Waals surface area contributed by atoms with E-state index < -0.39 is 0 Å². The zero-order valence-corrected chi connectivity index (χ0v) is 11.8. The van der Waals surface area contributed by atoms with Crippen molar-refractivity contribution in [3.05, 3.63) is 46.6 Å². The molecule has 18 heavy (non-hydrogen) atoms. The molecule has 1 heterocycles. The van der Waals surface area contributed by atoms with E-state index in [1.165, 1.54) is 6.07 Å². The zero-order chi connectivity index (χ0) is 13.1. The van der Waals surface area contributed by atoms with Gasteiger partial charge in [0.15, 0.2) is 0 Å². The molecule has 0 N–H and O–H groups in total. The Morgan fingerprint density at radius 3 is 2.61 bits per heavy atom. The summed E-state index contributed by atoms with van der Waals surface area (Å²) in [5.41, 5.74) is 0.519. The summed E-state index contributed by atoms with van der Waals surface area (Å²) < 4.78 is 14.5. The summed E-state index contributed by atoms with van der Waals surface area (Å²) in [5.74, 6) is 1.07. The van der Waals surface area contributed by atoms with Gasteiger partial charge >= 0.3 is 0 Å². The first-order valence-electron chi connectivity index (χ1n) is 5.65. The SMILES string of the molecule is CCN(c1cc(Br)nc(C)n1)c1ccccc1F. The first kappa shape index (κ1) is 13.0. The van der Waals surface area contributed by atoms with E-state index in [4.69, 9.17) is 0 Å². The van der Waals surface area contributed by atoms with Crippen molar-refractivity contribution in [2.24, 2.45) is 0 Å². The molecule has 0 atom stereocenters. The Balaban J connectivity index is 2.48. The molecule has 0 radical (unpaired) electrons. The topological polar surface area (TPSA) is 29.0 Å². The molecule has 3 nitrogen and oxygen atoms in total. The Labute approximate surface area is 114 Å². The van der Waals surface area contributed by atoms with Gasteiger partial charge in [-0.2, -0.15) is 0 Å². The third-order valence-corrected chi connectivity index (χ3v) is 2.94. The minimum absolute atomic E-state index is 0.258. The van der Waals surface area contributed by atoms with Gasteiger partial charge in [-0.05, 0) is 41.9 Å². The molecule has 0 saturated heterocycles.